The molecule has 1 saturated carbocycles. The number of hydrogen-bond acceptors (Lipinski definition) is 7. The molecule has 0 unspecified atom stereocenters. The molecule has 0 amide bonds. The number of nitrogens with two attached hydrogens (primary N) is 1. The van der Waals surface area contributed by atoms with Crippen LogP contribution in [0.15, 0.2) is 23.5 Å². The minimum absolute atomic E-state index is 0.0511. The summed E-state index contributed by atoms with van der Waals surface area (Å²) in [6.45, 7) is 2.37. The largest absolute Gasteiger partial charge is 0.486 e. The Balaban J connectivity index is 1.94. The molecule has 2 fully saturated rings. The van der Waals surface area contributed by atoms with Crippen LogP contribution in [0.1, 0.15) is 19.8 Å². The highest BCUT2D eigenvalue weighted by Gasteiger charge is 2.44. The second-order valence-electron chi connectivity index (χ2n) is 7.56. The third-order valence-electron chi connectivity index (χ3n) is 4.93. The SMILES string of the molecule is C#C/C(C(=O)O)=C(\C=C/C[C@H]1C[C@H]1B(O)O)OC1CN(C[C@@](C)(N)C(=O)O)C1. The van der Waals surface area contributed by atoms with E-state index in [4.69, 9.17) is 32.0 Å². The smallest absolute Gasteiger partial charge is 0.455 e. The molecule has 0 bridgehead atoms. The zero-order valence-electron chi connectivity index (χ0n) is 15.6. The van der Waals surface area contributed by atoms with Crippen LogP contribution < -0.4 is 5.73 Å². The Morgan fingerprint density at radius 1 is 1.39 bits per heavy atom. The summed E-state index contributed by atoms with van der Waals surface area (Å²) in [6.07, 6.45) is 9.41. The Kier molecular flexibility index (Phi) is 6.90. The second-order valence-corrected chi connectivity index (χ2v) is 7.56. The Morgan fingerprint density at radius 2 is 2.04 bits per heavy atom. The highest BCUT2D eigenvalue weighted by atomic mass is 16.5. The molecule has 1 aliphatic carbocycles. The highest BCUT2D eigenvalue weighted by molar-refractivity contribution is 6.44. The van der Waals surface area contributed by atoms with Crippen LogP contribution in [0, 0.1) is 18.3 Å². The van der Waals surface area contributed by atoms with Crippen molar-refractivity contribution in [3.05, 3.63) is 23.5 Å². The summed E-state index contributed by atoms with van der Waals surface area (Å²) in [4.78, 5) is 24.2. The standard InChI is InChI=1S/C18H25BN2O7/c1-3-13(16(22)23)15(6-4-5-11-7-14(11)19(26)27)28-12-8-21(9-12)10-18(2,20)17(24)25/h1,4,6,11-12,14,26-27H,5,7-10,20H2,2H3,(H,22,23)(H,24,25)/b6-4-,15-13-/t11-,14+,18+/m0/s1. The lowest BCUT2D eigenvalue weighted by atomic mass is 9.81. The van der Waals surface area contributed by atoms with E-state index in [-0.39, 0.29) is 35.7 Å². The van der Waals surface area contributed by atoms with Crippen LogP contribution in [-0.2, 0) is 14.3 Å². The maximum Gasteiger partial charge on any atom is 0.455 e. The number of rotatable bonds is 10. The summed E-state index contributed by atoms with van der Waals surface area (Å²) >= 11 is 0. The number of carboxylic acids is 2. The molecule has 1 heterocycles. The Bertz CT molecular complexity index is 720. The number of hydrogen-bond donors (Lipinski definition) is 5. The van der Waals surface area contributed by atoms with Gasteiger partial charge in [0.15, 0.2) is 5.57 Å². The van der Waals surface area contributed by atoms with Crippen LogP contribution in [0.2, 0.25) is 5.82 Å². The third-order valence-corrected chi connectivity index (χ3v) is 4.93. The summed E-state index contributed by atoms with van der Waals surface area (Å²) in [6, 6.07) is 0. The second kappa shape index (κ2) is 8.79. The van der Waals surface area contributed by atoms with Gasteiger partial charge in [-0.1, -0.05) is 12.0 Å². The minimum Gasteiger partial charge on any atom is -0.486 e. The van der Waals surface area contributed by atoms with Crippen LogP contribution in [0.3, 0.4) is 0 Å². The summed E-state index contributed by atoms with van der Waals surface area (Å²) in [5.74, 6) is -0.253. The average molecular weight is 392 g/mol. The van der Waals surface area contributed by atoms with E-state index in [1.165, 1.54) is 13.0 Å². The van der Waals surface area contributed by atoms with Gasteiger partial charge in [0.25, 0.3) is 0 Å². The highest BCUT2D eigenvalue weighted by Crippen LogP contribution is 2.48. The molecule has 0 aromatic rings. The van der Waals surface area contributed by atoms with Crippen LogP contribution in [-0.4, -0.2) is 75.5 Å². The first-order valence-corrected chi connectivity index (χ1v) is 8.93. The number of allylic oxidation sites excluding steroid dienone is 2. The summed E-state index contributed by atoms with van der Waals surface area (Å²) < 4.78 is 5.72. The van der Waals surface area contributed by atoms with Crippen molar-refractivity contribution in [2.24, 2.45) is 11.7 Å². The van der Waals surface area contributed by atoms with Crippen molar-refractivity contribution in [1.29, 1.82) is 0 Å². The first-order valence-electron chi connectivity index (χ1n) is 8.93. The monoisotopic (exact) mass is 392 g/mol. The summed E-state index contributed by atoms with van der Waals surface area (Å²) in [5.41, 5.74) is 4.03. The molecule has 0 aromatic heterocycles. The van der Waals surface area contributed by atoms with Gasteiger partial charge in [0, 0.05) is 19.6 Å². The van der Waals surface area contributed by atoms with E-state index in [1.54, 1.807) is 11.0 Å². The molecule has 9 nitrogen and oxygen atoms in total. The molecule has 2 rings (SSSR count). The molecule has 152 valence electrons. The van der Waals surface area contributed by atoms with Crippen molar-refractivity contribution in [2.45, 2.75) is 37.2 Å². The Hall–Kier alpha value is -2.32. The number of carbonyl (C=O) groups is 2. The van der Waals surface area contributed by atoms with Crippen LogP contribution in [0.4, 0.5) is 0 Å². The van der Waals surface area contributed by atoms with Crippen molar-refractivity contribution in [3.8, 4) is 12.3 Å². The van der Waals surface area contributed by atoms with Crippen LogP contribution in [0.25, 0.3) is 0 Å². The van der Waals surface area contributed by atoms with E-state index in [0.717, 1.165) is 0 Å². The Morgan fingerprint density at radius 3 is 2.50 bits per heavy atom. The topological polar surface area (TPSA) is 154 Å². The van der Waals surface area contributed by atoms with Gasteiger partial charge in [0.2, 0.25) is 0 Å². The molecule has 2 aliphatic rings. The van der Waals surface area contributed by atoms with E-state index >= 15 is 0 Å². The number of nitrogens with zero attached hydrogens (tertiary/aromatic N) is 1. The third kappa shape index (κ3) is 5.59. The fraction of sp³-hybridized carbons (Fsp3) is 0.556. The van der Waals surface area contributed by atoms with Gasteiger partial charge in [-0.15, -0.1) is 6.42 Å². The Labute approximate surface area is 163 Å². The first kappa shape index (κ1) is 22.0. The van der Waals surface area contributed by atoms with Gasteiger partial charge in [-0.05, 0) is 37.6 Å². The number of likely N-dealkylation sites (tertiary alicyclic amines) is 1. The van der Waals surface area contributed by atoms with Gasteiger partial charge in [-0.25, -0.2) is 4.79 Å². The van der Waals surface area contributed by atoms with Crippen molar-refractivity contribution >= 4 is 19.1 Å². The molecule has 0 aromatic carbocycles. The molecular formula is C18H25BN2O7. The van der Waals surface area contributed by atoms with Gasteiger partial charge in [-0.3, -0.25) is 9.69 Å². The van der Waals surface area contributed by atoms with E-state index in [1.807, 2.05) is 0 Å². The molecular weight excluding hydrogens is 367 g/mol. The molecule has 10 heteroatoms. The number of ether oxygens (including phenoxy) is 1. The molecule has 6 N–H and O–H groups in total. The van der Waals surface area contributed by atoms with Gasteiger partial charge >= 0.3 is 19.1 Å². The predicted octanol–water partition coefficient (Wildman–Crippen LogP) is -0.730. The maximum absolute atomic E-state index is 11.4. The van der Waals surface area contributed by atoms with E-state index in [9.17, 15) is 14.7 Å². The van der Waals surface area contributed by atoms with Crippen molar-refractivity contribution in [2.75, 3.05) is 19.6 Å². The van der Waals surface area contributed by atoms with Gasteiger partial charge in [0.1, 0.15) is 17.4 Å². The van der Waals surface area contributed by atoms with Gasteiger partial charge in [-0.2, -0.15) is 0 Å². The summed E-state index contributed by atoms with van der Waals surface area (Å²) in [5, 5.41) is 36.6. The average Bonchev–Trinajstić information content (AvgIpc) is 3.32. The van der Waals surface area contributed by atoms with E-state index in [2.05, 4.69) is 5.92 Å². The van der Waals surface area contributed by atoms with E-state index < -0.39 is 24.6 Å². The zero-order valence-corrected chi connectivity index (χ0v) is 15.6. The van der Waals surface area contributed by atoms with Crippen LogP contribution >= 0.6 is 0 Å². The number of carboxylic acid groups (broad SMARTS) is 2. The normalized spacial score (nSPS) is 25.2. The lowest BCUT2D eigenvalue weighted by Crippen LogP contribution is -2.61. The number of terminal acetylenes is 1. The van der Waals surface area contributed by atoms with Crippen molar-refractivity contribution in [1.82, 2.24) is 4.90 Å². The predicted molar refractivity (Wildman–Crippen MR) is 101 cm³/mol. The molecule has 1 saturated heterocycles. The zero-order chi connectivity index (χ0) is 21.1. The fourth-order valence-corrected chi connectivity index (χ4v) is 3.11. The molecule has 0 spiro atoms. The van der Waals surface area contributed by atoms with Crippen LogP contribution in [0.5, 0.6) is 0 Å². The molecule has 3 atom stereocenters. The van der Waals surface area contributed by atoms with Gasteiger partial charge < -0.3 is 30.7 Å². The van der Waals surface area contributed by atoms with Crippen molar-refractivity contribution in [3.63, 3.8) is 0 Å². The first-order chi connectivity index (χ1) is 13.0. The lowest BCUT2D eigenvalue weighted by molar-refractivity contribution is -0.145. The maximum atomic E-state index is 11.4. The van der Waals surface area contributed by atoms with Crippen molar-refractivity contribution < 1.29 is 34.6 Å². The fourth-order valence-electron chi connectivity index (χ4n) is 3.11. The van der Waals surface area contributed by atoms with Gasteiger partial charge in [0.05, 0.1) is 0 Å². The quantitative estimate of drug-likeness (QED) is 0.106. The molecule has 1 aliphatic heterocycles. The lowest BCUT2D eigenvalue weighted by Gasteiger charge is -2.41. The minimum atomic E-state index is -1.38. The number of aliphatic carboxylic acids is 2. The molecule has 28 heavy (non-hydrogen) atoms. The van der Waals surface area contributed by atoms with E-state index in [0.29, 0.717) is 25.9 Å². The summed E-state index contributed by atoms with van der Waals surface area (Å²) in [7, 11) is -1.34. The molecule has 0 radical (unpaired) electrons.